The minimum absolute atomic E-state index is 0.0645. The van der Waals surface area contributed by atoms with Crippen LogP contribution in [0.5, 0.6) is 5.75 Å². The molecule has 2 aliphatic rings. The molecule has 2 amide bonds. The Labute approximate surface area is 187 Å². The average Bonchev–Trinajstić information content (AvgIpc) is 2.76. The van der Waals surface area contributed by atoms with E-state index < -0.39 is 0 Å². The van der Waals surface area contributed by atoms with E-state index in [1.165, 1.54) is 43.9 Å². The molecule has 1 saturated carbocycles. The van der Waals surface area contributed by atoms with Crippen LogP contribution < -0.4 is 15.4 Å². The third-order valence-corrected chi connectivity index (χ3v) is 6.86. The van der Waals surface area contributed by atoms with Gasteiger partial charge in [0.2, 0.25) is 0 Å². The molecule has 162 valence electrons. The van der Waals surface area contributed by atoms with Gasteiger partial charge in [0.15, 0.2) is 0 Å². The molecule has 0 saturated heterocycles. The molecule has 1 aliphatic carbocycles. The normalized spacial score (nSPS) is 18.5. The van der Waals surface area contributed by atoms with Gasteiger partial charge in [0.1, 0.15) is 5.75 Å². The van der Waals surface area contributed by atoms with Crippen molar-refractivity contribution in [1.29, 1.82) is 0 Å². The van der Waals surface area contributed by atoms with E-state index in [2.05, 4.69) is 10.6 Å². The number of benzene rings is 2. The minimum atomic E-state index is -0.169. The molecule has 0 spiro atoms. The summed E-state index contributed by atoms with van der Waals surface area (Å²) in [5.74, 6) is 0.513. The van der Waals surface area contributed by atoms with E-state index in [-0.39, 0.29) is 17.9 Å². The first-order chi connectivity index (χ1) is 15.1. The van der Waals surface area contributed by atoms with E-state index in [0.29, 0.717) is 16.2 Å². The first-order valence-electron chi connectivity index (χ1n) is 10.9. The molecule has 2 aromatic carbocycles. The van der Waals surface area contributed by atoms with Crippen molar-refractivity contribution in [1.82, 2.24) is 5.32 Å². The second-order valence-corrected chi connectivity index (χ2v) is 9.15. The van der Waals surface area contributed by atoms with Crippen LogP contribution in [-0.4, -0.2) is 25.0 Å². The molecular weight excluding hydrogens is 408 g/mol. The summed E-state index contributed by atoms with van der Waals surface area (Å²) in [6.07, 6.45) is 10.1. The molecule has 2 aromatic rings. The highest BCUT2D eigenvalue weighted by molar-refractivity contribution is 8.04. The van der Waals surface area contributed by atoms with Gasteiger partial charge in [-0.3, -0.25) is 9.59 Å². The van der Waals surface area contributed by atoms with Gasteiger partial charge in [-0.05, 0) is 54.8 Å². The van der Waals surface area contributed by atoms with Crippen LogP contribution in [-0.2, 0) is 4.79 Å². The number of amides is 2. The van der Waals surface area contributed by atoms with E-state index in [4.69, 9.17) is 4.74 Å². The number of nitrogens with one attached hydrogen (secondary N) is 2. The maximum atomic E-state index is 12.8. The van der Waals surface area contributed by atoms with Gasteiger partial charge in [0.25, 0.3) is 11.8 Å². The standard InChI is InChI=1S/C25H28N2O3S/c1-30-20-11-7-8-17(14-20)15-23-25(29)27-21-16-18(12-13-22(21)31-23)24(28)26-19-9-5-3-2-4-6-10-19/h7-8,11-16,19H,2-6,9-10H2,1H3,(H,26,28)(H,27,29). The van der Waals surface area contributed by atoms with Gasteiger partial charge in [-0.15, -0.1) is 0 Å². The molecule has 0 unspecified atom stereocenters. The lowest BCUT2D eigenvalue weighted by atomic mass is 9.96. The predicted octanol–water partition coefficient (Wildman–Crippen LogP) is 5.62. The summed E-state index contributed by atoms with van der Waals surface area (Å²) in [5.41, 5.74) is 2.17. The zero-order valence-electron chi connectivity index (χ0n) is 17.8. The number of methoxy groups -OCH3 is 1. The zero-order valence-corrected chi connectivity index (χ0v) is 18.6. The summed E-state index contributed by atoms with van der Waals surface area (Å²) in [4.78, 5) is 27.0. The molecule has 0 radical (unpaired) electrons. The van der Waals surface area contributed by atoms with Gasteiger partial charge >= 0.3 is 0 Å². The Morgan fingerprint density at radius 3 is 2.65 bits per heavy atom. The summed E-state index contributed by atoms with van der Waals surface area (Å²) in [5, 5.41) is 6.13. The number of rotatable bonds is 4. The molecule has 1 heterocycles. The van der Waals surface area contributed by atoms with E-state index in [1.807, 2.05) is 42.5 Å². The highest BCUT2D eigenvalue weighted by atomic mass is 32.2. The van der Waals surface area contributed by atoms with Gasteiger partial charge in [0, 0.05) is 16.5 Å². The van der Waals surface area contributed by atoms with Crippen molar-refractivity contribution in [2.75, 3.05) is 12.4 Å². The molecule has 0 atom stereocenters. The first-order valence-corrected chi connectivity index (χ1v) is 11.7. The minimum Gasteiger partial charge on any atom is -0.497 e. The summed E-state index contributed by atoms with van der Waals surface area (Å²) >= 11 is 1.41. The predicted molar refractivity (Wildman–Crippen MR) is 125 cm³/mol. The van der Waals surface area contributed by atoms with E-state index in [1.54, 1.807) is 13.2 Å². The maximum absolute atomic E-state index is 12.8. The second kappa shape index (κ2) is 10.1. The Morgan fingerprint density at radius 2 is 1.87 bits per heavy atom. The van der Waals surface area contributed by atoms with E-state index in [9.17, 15) is 9.59 Å². The smallest absolute Gasteiger partial charge is 0.262 e. The maximum Gasteiger partial charge on any atom is 0.262 e. The van der Waals surface area contributed by atoms with Crippen LogP contribution in [0.4, 0.5) is 5.69 Å². The highest BCUT2D eigenvalue weighted by Crippen LogP contribution is 2.39. The summed E-state index contributed by atoms with van der Waals surface area (Å²) in [6, 6.07) is 13.4. The van der Waals surface area contributed by atoms with Crippen LogP contribution in [0, 0.1) is 0 Å². The Morgan fingerprint density at radius 1 is 1.10 bits per heavy atom. The van der Waals surface area contributed by atoms with Crippen molar-refractivity contribution in [3.8, 4) is 5.75 Å². The Hall–Kier alpha value is -2.73. The Kier molecular flexibility index (Phi) is 6.97. The molecule has 6 heteroatoms. The highest BCUT2D eigenvalue weighted by Gasteiger charge is 2.23. The van der Waals surface area contributed by atoms with Gasteiger partial charge in [-0.25, -0.2) is 0 Å². The fourth-order valence-corrected chi connectivity index (χ4v) is 4.99. The number of anilines is 1. The van der Waals surface area contributed by atoms with Gasteiger partial charge < -0.3 is 15.4 Å². The number of hydrogen-bond donors (Lipinski definition) is 2. The molecule has 4 rings (SSSR count). The molecule has 31 heavy (non-hydrogen) atoms. The van der Waals surface area contributed by atoms with E-state index >= 15 is 0 Å². The molecule has 5 nitrogen and oxygen atoms in total. The quantitative estimate of drug-likeness (QED) is 0.610. The third-order valence-electron chi connectivity index (χ3n) is 5.77. The first kappa shape index (κ1) is 21.5. The number of fused-ring (bicyclic) bond motifs is 1. The SMILES string of the molecule is COc1cccc(C=C2Sc3ccc(C(=O)NC4CCCCCCC4)cc3NC2=O)c1. The average molecular weight is 437 g/mol. The lowest BCUT2D eigenvalue weighted by Gasteiger charge is -2.22. The van der Waals surface area contributed by atoms with Crippen molar-refractivity contribution in [3.63, 3.8) is 0 Å². The molecule has 0 aromatic heterocycles. The molecule has 1 aliphatic heterocycles. The number of hydrogen-bond acceptors (Lipinski definition) is 4. The number of thioether (sulfide) groups is 1. The van der Waals surface area contributed by atoms with Crippen molar-refractivity contribution in [2.45, 2.75) is 55.9 Å². The third kappa shape index (κ3) is 5.50. The van der Waals surface area contributed by atoms with Gasteiger partial charge in [-0.1, -0.05) is 56.0 Å². The van der Waals surface area contributed by atoms with Crippen LogP contribution >= 0.6 is 11.8 Å². The van der Waals surface area contributed by atoms with Crippen molar-refractivity contribution in [2.24, 2.45) is 0 Å². The monoisotopic (exact) mass is 436 g/mol. The van der Waals surface area contributed by atoms with Crippen molar-refractivity contribution in [3.05, 3.63) is 58.5 Å². The topological polar surface area (TPSA) is 67.4 Å². The summed E-state index contributed by atoms with van der Waals surface area (Å²) in [7, 11) is 1.62. The van der Waals surface area contributed by atoms with Crippen molar-refractivity contribution < 1.29 is 14.3 Å². The number of carbonyl (C=O) groups excluding carboxylic acids is 2. The van der Waals surface area contributed by atoms with Crippen LogP contribution in [0.2, 0.25) is 0 Å². The van der Waals surface area contributed by atoms with Crippen molar-refractivity contribution >= 4 is 35.3 Å². The van der Waals surface area contributed by atoms with E-state index in [0.717, 1.165) is 29.1 Å². The number of carbonyl (C=O) groups is 2. The van der Waals surface area contributed by atoms with Crippen LogP contribution in [0.1, 0.15) is 60.9 Å². The molecule has 1 fully saturated rings. The molecule has 0 bridgehead atoms. The van der Waals surface area contributed by atoms with Crippen LogP contribution in [0.15, 0.2) is 52.3 Å². The van der Waals surface area contributed by atoms with Gasteiger partial charge in [-0.2, -0.15) is 0 Å². The Balaban J connectivity index is 1.47. The van der Waals surface area contributed by atoms with Gasteiger partial charge in [0.05, 0.1) is 17.7 Å². The van der Waals surface area contributed by atoms with Crippen LogP contribution in [0.3, 0.4) is 0 Å². The summed E-state index contributed by atoms with van der Waals surface area (Å²) in [6.45, 7) is 0. The lowest BCUT2D eigenvalue weighted by molar-refractivity contribution is -0.112. The fraction of sp³-hybridized carbons (Fsp3) is 0.360. The second-order valence-electron chi connectivity index (χ2n) is 8.07. The fourth-order valence-electron chi connectivity index (χ4n) is 4.05. The number of ether oxygens (including phenoxy) is 1. The molecular formula is C25H28N2O3S. The molecule has 2 N–H and O–H groups in total. The Bertz CT molecular complexity index is 994. The lowest BCUT2D eigenvalue weighted by Crippen LogP contribution is -2.35. The largest absolute Gasteiger partial charge is 0.497 e. The summed E-state index contributed by atoms with van der Waals surface area (Å²) < 4.78 is 5.26. The van der Waals surface area contributed by atoms with Crippen LogP contribution in [0.25, 0.3) is 6.08 Å². The zero-order chi connectivity index (χ0) is 21.6.